The van der Waals surface area contributed by atoms with Crippen LogP contribution in [0.1, 0.15) is 46.5 Å². The van der Waals surface area contributed by atoms with Crippen molar-refractivity contribution >= 4 is 46.3 Å². The summed E-state index contributed by atoms with van der Waals surface area (Å²) >= 11 is 3.43. The standard InChI is InChI=1S/C29H25ClF3N3O7S/c1-16(2)14-36(44(40)41)28(39)43-22-5-6-24(17(3)8-22)35-26(37)15-42-25-7-4-21(30)12-23(25)27(38)19-9-18(13-34)10-20(11-19)29(31,32)33/h4-12,16H,14-15H2,1-3H3,(H,35,37)(H,40,41). The predicted octanol–water partition coefficient (Wildman–Crippen LogP) is 6.38. The van der Waals surface area contributed by atoms with E-state index in [0.29, 0.717) is 27.7 Å². The van der Waals surface area contributed by atoms with Gasteiger partial charge < -0.3 is 14.8 Å². The lowest BCUT2D eigenvalue weighted by atomic mass is 9.98. The molecule has 10 nitrogen and oxygen atoms in total. The highest BCUT2D eigenvalue weighted by atomic mass is 35.5. The Hall–Kier alpha value is -4.45. The maximum Gasteiger partial charge on any atom is 0.428 e. The van der Waals surface area contributed by atoms with Gasteiger partial charge in [0.05, 0.1) is 22.8 Å². The highest BCUT2D eigenvalue weighted by molar-refractivity contribution is 7.77. The largest absolute Gasteiger partial charge is 0.483 e. The van der Waals surface area contributed by atoms with E-state index in [9.17, 15) is 36.3 Å². The molecule has 1 unspecified atom stereocenters. The second kappa shape index (κ2) is 14.3. The number of benzene rings is 3. The van der Waals surface area contributed by atoms with Crippen LogP contribution in [0.4, 0.5) is 23.7 Å². The van der Waals surface area contributed by atoms with Crippen LogP contribution in [0.3, 0.4) is 0 Å². The van der Waals surface area contributed by atoms with E-state index >= 15 is 0 Å². The number of ether oxygens (including phenoxy) is 2. The lowest BCUT2D eigenvalue weighted by Crippen LogP contribution is -2.37. The van der Waals surface area contributed by atoms with Crippen molar-refractivity contribution in [2.24, 2.45) is 5.92 Å². The number of nitrogens with zero attached hydrogens (tertiary/aromatic N) is 2. The summed E-state index contributed by atoms with van der Waals surface area (Å²) in [6, 6.07) is 11.8. The Labute approximate surface area is 257 Å². The molecule has 0 aliphatic rings. The Kier molecular flexibility index (Phi) is 11.1. The molecule has 0 heterocycles. The van der Waals surface area contributed by atoms with E-state index in [1.165, 1.54) is 36.4 Å². The van der Waals surface area contributed by atoms with E-state index in [2.05, 4.69) is 5.32 Å². The number of aryl methyl sites for hydroxylation is 1. The van der Waals surface area contributed by atoms with Gasteiger partial charge in [-0.3, -0.25) is 14.1 Å². The van der Waals surface area contributed by atoms with Crippen LogP contribution < -0.4 is 14.8 Å². The molecule has 0 aliphatic carbocycles. The number of hydrogen-bond acceptors (Lipinski definition) is 7. The molecule has 1 atom stereocenters. The fourth-order valence-electron chi connectivity index (χ4n) is 3.80. The lowest BCUT2D eigenvalue weighted by Gasteiger charge is -2.19. The van der Waals surface area contributed by atoms with Gasteiger partial charge in [0.15, 0.2) is 12.4 Å². The maximum atomic E-state index is 13.3. The minimum Gasteiger partial charge on any atom is -0.483 e. The molecule has 0 bridgehead atoms. The Morgan fingerprint density at radius 2 is 1.82 bits per heavy atom. The van der Waals surface area contributed by atoms with Gasteiger partial charge in [0, 0.05) is 22.8 Å². The topological polar surface area (TPSA) is 146 Å². The van der Waals surface area contributed by atoms with E-state index in [-0.39, 0.29) is 40.1 Å². The smallest absolute Gasteiger partial charge is 0.428 e. The quantitative estimate of drug-likeness (QED) is 0.190. The van der Waals surface area contributed by atoms with E-state index in [0.717, 1.165) is 6.07 Å². The minimum absolute atomic E-state index is 0.0170. The predicted molar refractivity (Wildman–Crippen MR) is 155 cm³/mol. The summed E-state index contributed by atoms with van der Waals surface area (Å²) in [7, 11) is 0. The molecule has 3 aromatic rings. The van der Waals surface area contributed by atoms with Crippen molar-refractivity contribution in [3.8, 4) is 17.6 Å². The van der Waals surface area contributed by atoms with Crippen LogP contribution in [0, 0.1) is 24.2 Å². The van der Waals surface area contributed by atoms with Crippen LogP contribution in [0.15, 0.2) is 54.6 Å². The molecule has 0 saturated carbocycles. The monoisotopic (exact) mass is 651 g/mol. The molecule has 0 spiro atoms. The number of carbonyl (C=O) groups is 3. The third-order valence-electron chi connectivity index (χ3n) is 5.80. The molecular weight excluding hydrogens is 627 g/mol. The number of alkyl halides is 3. The molecular formula is C29H25ClF3N3O7S. The number of ketones is 1. The zero-order valence-electron chi connectivity index (χ0n) is 23.4. The zero-order valence-corrected chi connectivity index (χ0v) is 25.0. The third-order valence-corrected chi connectivity index (χ3v) is 6.71. The van der Waals surface area contributed by atoms with Crippen molar-refractivity contribution in [3.05, 3.63) is 87.4 Å². The maximum absolute atomic E-state index is 13.3. The minimum atomic E-state index is -4.81. The molecule has 2 N–H and O–H groups in total. The first-order chi connectivity index (χ1) is 20.6. The van der Waals surface area contributed by atoms with Crippen LogP contribution in [0.25, 0.3) is 0 Å². The van der Waals surface area contributed by atoms with Crippen molar-refractivity contribution in [3.63, 3.8) is 0 Å². The Morgan fingerprint density at radius 3 is 2.41 bits per heavy atom. The average Bonchev–Trinajstić information content (AvgIpc) is 2.95. The van der Waals surface area contributed by atoms with Gasteiger partial charge in [-0.25, -0.2) is 13.3 Å². The van der Waals surface area contributed by atoms with Crippen LogP contribution >= 0.6 is 11.6 Å². The van der Waals surface area contributed by atoms with Crippen molar-refractivity contribution < 1.29 is 45.8 Å². The number of rotatable bonds is 10. The first kappa shape index (κ1) is 34.0. The molecule has 2 amide bonds. The Bertz CT molecular complexity index is 1660. The summed E-state index contributed by atoms with van der Waals surface area (Å²) in [5.41, 5.74) is -1.45. The van der Waals surface area contributed by atoms with E-state index < -0.39 is 53.0 Å². The highest BCUT2D eigenvalue weighted by Crippen LogP contribution is 2.33. The summed E-state index contributed by atoms with van der Waals surface area (Å²) in [5.74, 6) is -1.77. The molecule has 0 aromatic heterocycles. The molecule has 0 fully saturated rings. The van der Waals surface area contributed by atoms with Crippen LogP contribution in [-0.4, -0.2) is 44.0 Å². The van der Waals surface area contributed by atoms with Gasteiger partial charge in [0.25, 0.3) is 17.2 Å². The molecule has 3 rings (SSSR count). The summed E-state index contributed by atoms with van der Waals surface area (Å²) in [6.07, 6.45) is -5.84. The molecule has 0 radical (unpaired) electrons. The van der Waals surface area contributed by atoms with Gasteiger partial charge in [-0.05, 0) is 73.0 Å². The van der Waals surface area contributed by atoms with E-state index in [1.807, 2.05) is 0 Å². The van der Waals surface area contributed by atoms with Crippen LogP contribution in [0.5, 0.6) is 11.5 Å². The fourth-order valence-corrected chi connectivity index (χ4v) is 4.57. The second-order valence-corrected chi connectivity index (χ2v) is 11.1. The first-order valence-corrected chi connectivity index (χ1v) is 14.1. The number of amides is 2. The number of nitriles is 1. The normalized spacial score (nSPS) is 11.8. The molecule has 44 heavy (non-hydrogen) atoms. The summed E-state index contributed by atoms with van der Waals surface area (Å²) in [5, 5.41) is 11.8. The third kappa shape index (κ3) is 9.03. The van der Waals surface area contributed by atoms with Crippen molar-refractivity contribution in [1.82, 2.24) is 4.31 Å². The zero-order chi connectivity index (χ0) is 32.8. The highest BCUT2D eigenvalue weighted by Gasteiger charge is 2.32. The molecule has 3 aromatic carbocycles. The lowest BCUT2D eigenvalue weighted by molar-refractivity contribution is -0.137. The first-order valence-electron chi connectivity index (χ1n) is 12.7. The molecule has 0 aliphatic heterocycles. The molecule has 0 saturated heterocycles. The second-order valence-electron chi connectivity index (χ2n) is 9.75. The SMILES string of the molecule is Cc1cc(OC(=O)N(CC(C)C)S(=O)O)ccc1NC(=O)COc1ccc(Cl)cc1C(=O)c1cc(C#N)cc(C(F)(F)F)c1. The van der Waals surface area contributed by atoms with Gasteiger partial charge in [0.1, 0.15) is 11.5 Å². The van der Waals surface area contributed by atoms with Gasteiger partial charge in [-0.15, -0.1) is 0 Å². The van der Waals surface area contributed by atoms with Gasteiger partial charge >= 0.3 is 12.3 Å². The van der Waals surface area contributed by atoms with E-state index in [4.69, 9.17) is 26.3 Å². The van der Waals surface area contributed by atoms with Gasteiger partial charge in [-0.1, -0.05) is 25.4 Å². The van der Waals surface area contributed by atoms with Crippen molar-refractivity contribution in [1.29, 1.82) is 5.26 Å². The summed E-state index contributed by atoms with van der Waals surface area (Å²) < 4.78 is 72.2. The molecule has 15 heteroatoms. The Balaban J connectivity index is 1.73. The number of hydrogen-bond donors (Lipinski definition) is 2. The van der Waals surface area contributed by atoms with Gasteiger partial charge in [-0.2, -0.15) is 18.4 Å². The van der Waals surface area contributed by atoms with Crippen molar-refractivity contribution in [2.75, 3.05) is 18.5 Å². The Morgan fingerprint density at radius 1 is 1.11 bits per heavy atom. The van der Waals surface area contributed by atoms with E-state index in [1.54, 1.807) is 26.8 Å². The fraction of sp³-hybridized carbons (Fsp3) is 0.241. The number of anilines is 1. The van der Waals surface area contributed by atoms with Crippen molar-refractivity contribution in [2.45, 2.75) is 26.9 Å². The van der Waals surface area contributed by atoms with Crippen LogP contribution in [-0.2, 0) is 22.2 Å². The summed E-state index contributed by atoms with van der Waals surface area (Å²) in [4.78, 5) is 38.2. The molecule has 232 valence electrons. The number of nitrogens with one attached hydrogen (secondary N) is 1. The average molecular weight is 652 g/mol. The van der Waals surface area contributed by atoms with Gasteiger partial charge in [0.2, 0.25) is 0 Å². The van der Waals surface area contributed by atoms with Crippen LogP contribution in [0.2, 0.25) is 5.02 Å². The summed E-state index contributed by atoms with van der Waals surface area (Å²) in [6.45, 7) is 4.48. The number of carbonyl (C=O) groups excluding carboxylic acids is 3. The number of halogens is 4.